The van der Waals surface area contributed by atoms with Gasteiger partial charge in [-0.2, -0.15) is 0 Å². The summed E-state index contributed by atoms with van der Waals surface area (Å²) in [5.74, 6) is 0.458. The van der Waals surface area contributed by atoms with Gasteiger partial charge >= 0.3 is 6.03 Å². The molecule has 9 nitrogen and oxygen atoms in total. The number of carbonyl (C=O) groups is 1. The van der Waals surface area contributed by atoms with E-state index in [1.54, 1.807) is 24.4 Å². The Morgan fingerprint density at radius 1 is 1.07 bits per heavy atom. The van der Waals surface area contributed by atoms with E-state index >= 15 is 0 Å². The first kappa shape index (κ1) is 27.4. The molecule has 2 heterocycles. The molecule has 2 aromatic carbocycles. The van der Waals surface area contributed by atoms with Gasteiger partial charge in [0.2, 0.25) is 0 Å². The van der Waals surface area contributed by atoms with Gasteiger partial charge in [0.1, 0.15) is 29.0 Å². The van der Waals surface area contributed by atoms with Gasteiger partial charge in [-0.05, 0) is 54.3 Å². The van der Waals surface area contributed by atoms with E-state index in [0.29, 0.717) is 62.1 Å². The second-order valence-electron chi connectivity index (χ2n) is 10.4. The summed E-state index contributed by atoms with van der Waals surface area (Å²) < 4.78 is 27.6. The second kappa shape index (κ2) is 11.9. The average molecular weight is 547 g/mol. The number of nitrogens with zero attached hydrogens (tertiary/aromatic N) is 2. The smallest absolute Gasteiger partial charge is 0.319 e. The third-order valence-corrected chi connectivity index (χ3v) is 7.26. The second-order valence-corrected chi connectivity index (χ2v) is 10.4. The van der Waals surface area contributed by atoms with Gasteiger partial charge in [-0.25, -0.2) is 9.18 Å². The minimum Gasteiger partial charge on any atom is -0.484 e. The van der Waals surface area contributed by atoms with Crippen molar-refractivity contribution in [2.24, 2.45) is 5.92 Å². The van der Waals surface area contributed by atoms with E-state index in [4.69, 9.17) is 20.3 Å². The molecule has 0 radical (unpaired) electrons. The van der Waals surface area contributed by atoms with Gasteiger partial charge < -0.3 is 25.0 Å². The van der Waals surface area contributed by atoms with Crippen LogP contribution in [0.5, 0.6) is 5.75 Å². The number of amides is 2. The zero-order chi connectivity index (χ0) is 28.2. The van der Waals surface area contributed by atoms with Crippen LogP contribution in [0.3, 0.4) is 0 Å². The number of benzene rings is 2. The highest BCUT2D eigenvalue weighted by Gasteiger charge is 2.29. The Labute approximate surface area is 232 Å². The Bertz CT molecular complexity index is 1450. The summed E-state index contributed by atoms with van der Waals surface area (Å²) in [7, 11) is 0. The Hall–Kier alpha value is -4.18. The fourth-order valence-corrected chi connectivity index (χ4v) is 5.19. The predicted molar refractivity (Wildman–Crippen MR) is 152 cm³/mol. The Kier molecular flexibility index (Phi) is 8.16. The molecule has 1 aliphatic heterocycles. The molecule has 2 atom stereocenters. The molecule has 1 saturated heterocycles. The van der Waals surface area contributed by atoms with Crippen molar-refractivity contribution in [1.82, 2.24) is 9.88 Å². The van der Waals surface area contributed by atoms with Crippen LogP contribution in [0.25, 0.3) is 0 Å². The zero-order valence-corrected chi connectivity index (χ0v) is 22.7. The molecule has 1 aliphatic carbocycles. The highest BCUT2D eigenvalue weighted by atomic mass is 19.1. The topological polar surface area (TPSA) is 115 Å². The number of hydrogen-bond donors (Lipinski definition) is 4. The number of anilines is 2. The van der Waals surface area contributed by atoms with Crippen molar-refractivity contribution in [3.63, 3.8) is 0 Å². The Morgan fingerprint density at radius 2 is 1.82 bits per heavy atom. The minimum atomic E-state index is -0.411. The van der Waals surface area contributed by atoms with Crippen LogP contribution >= 0.6 is 0 Å². The van der Waals surface area contributed by atoms with Crippen LogP contribution in [0.2, 0.25) is 0 Å². The third kappa shape index (κ3) is 6.17. The quantitative estimate of drug-likeness (QED) is 0.251. The van der Waals surface area contributed by atoms with Crippen LogP contribution in [-0.4, -0.2) is 42.7 Å². The lowest BCUT2D eigenvalue weighted by molar-refractivity contribution is 0.122. The van der Waals surface area contributed by atoms with Crippen molar-refractivity contribution in [2.45, 2.75) is 38.8 Å². The first-order chi connectivity index (χ1) is 19.3. The average Bonchev–Trinajstić information content (AvgIpc) is 2.95. The lowest BCUT2D eigenvalue weighted by atomic mass is 9.85. The van der Waals surface area contributed by atoms with Crippen molar-refractivity contribution in [3.8, 4) is 5.75 Å². The molecule has 1 aromatic heterocycles. The van der Waals surface area contributed by atoms with Crippen LogP contribution < -0.4 is 25.8 Å². The molecule has 2 aliphatic rings. The maximum atomic E-state index is 14.4. The molecule has 0 bridgehead atoms. The number of ether oxygens (including phenoxy) is 2. The third-order valence-electron chi connectivity index (χ3n) is 7.26. The molecule has 2 amide bonds. The number of urea groups is 1. The number of nitrogens with one attached hydrogen (secondary N) is 4. The lowest BCUT2D eigenvalue weighted by Gasteiger charge is -2.32. The predicted octanol–water partition coefficient (Wildman–Crippen LogP) is 5.20. The summed E-state index contributed by atoms with van der Waals surface area (Å²) in [6, 6.07) is 15.2. The molecule has 5 rings (SSSR count). The normalized spacial score (nSPS) is 18.6. The lowest BCUT2D eigenvalue weighted by Crippen LogP contribution is -2.37. The zero-order valence-electron chi connectivity index (χ0n) is 22.7. The van der Waals surface area contributed by atoms with Gasteiger partial charge in [-0.3, -0.25) is 15.4 Å². The van der Waals surface area contributed by atoms with Gasteiger partial charge in [0.15, 0.2) is 0 Å². The number of hydrogen-bond acceptors (Lipinski definition) is 6. The van der Waals surface area contributed by atoms with Crippen LogP contribution in [0.1, 0.15) is 50.0 Å². The summed E-state index contributed by atoms with van der Waals surface area (Å²) in [5, 5.41) is 22.3. The van der Waals surface area contributed by atoms with Gasteiger partial charge in [-0.1, -0.05) is 38.1 Å². The molecule has 0 spiro atoms. The first-order valence-corrected chi connectivity index (χ1v) is 13.6. The number of fused-ring (bicyclic) bond motifs is 1. The molecule has 2 unspecified atom stereocenters. The van der Waals surface area contributed by atoms with E-state index in [1.807, 2.05) is 43.0 Å². The summed E-state index contributed by atoms with van der Waals surface area (Å²) >= 11 is 0. The monoisotopic (exact) mass is 546 g/mol. The van der Waals surface area contributed by atoms with Crippen LogP contribution in [0.4, 0.5) is 20.6 Å². The van der Waals surface area contributed by atoms with Crippen molar-refractivity contribution in [2.75, 3.05) is 36.5 Å². The van der Waals surface area contributed by atoms with Gasteiger partial charge in [0, 0.05) is 30.4 Å². The first-order valence-electron chi connectivity index (χ1n) is 13.6. The van der Waals surface area contributed by atoms with Crippen molar-refractivity contribution in [1.29, 1.82) is 10.8 Å². The highest BCUT2D eigenvalue weighted by molar-refractivity contribution is 5.90. The maximum absolute atomic E-state index is 14.4. The Balaban J connectivity index is 1.29. The fourth-order valence-electron chi connectivity index (χ4n) is 5.19. The fraction of sp³-hybridized carbons (Fsp3) is 0.367. The van der Waals surface area contributed by atoms with Crippen molar-refractivity contribution < 1.29 is 18.7 Å². The molecule has 0 saturated carbocycles. The number of halogens is 1. The van der Waals surface area contributed by atoms with Crippen LogP contribution in [0, 0.1) is 22.6 Å². The van der Waals surface area contributed by atoms with E-state index in [9.17, 15) is 9.18 Å². The largest absolute Gasteiger partial charge is 0.484 e. The van der Waals surface area contributed by atoms with E-state index < -0.39 is 11.8 Å². The van der Waals surface area contributed by atoms with E-state index in [0.717, 1.165) is 11.1 Å². The van der Waals surface area contributed by atoms with Gasteiger partial charge in [0.25, 0.3) is 0 Å². The van der Waals surface area contributed by atoms with E-state index in [2.05, 4.69) is 10.6 Å². The minimum absolute atomic E-state index is 0.0314. The maximum Gasteiger partial charge on any atom is 0.319 e. The number of carbonyl (C=O) groups excluding carboxylic acids is 1. The van der Waals surface area contributed by atoms with Crippen LogP contribution in [-0.2, 0) is 4.74 Å². The molecular weight excluding hydrogens is 511 g/mol. The molecule has 3 aromatic rings. The molecule has 40 heavy (non-hydrogen) atoms. The molecule has 210 valence electrons. The highest BCUT2D eigenvalue weighted by Crippen LogP contribution is 2.38. The van der Waals surface area contributed by atoms with E-state index in [-0.39, 0.29) is 23.6 Å². The summed E-state index contributed by atoms with van der Waals surface area (Å²) in [6.45, 7) is 6.35. The summed E-state index contributed by atoms with van der Waals surface area (Å²) in [6.07, 6.45) is 2.76. The Morgan fingerprint density at radius 3 is 2.58 bits per heavy atom. The molecule has 1 fully saturated rings. The number of rotatable bonds is 6. The number of aromatic nitrogens is 1. The summed E-state index contributed by atoms with van der Waals surface area (Å²) in [5.41, 5.74) is 3.26. The molecule has 10 heteroatoms. The number of morpholine rings is 1. The van der Waals surface area contributed by atoms with Gasteiger partial charge in [-0.15, -0.1) is 0 Å². The molecular formula is C30H35FN6O3. The standard InChI is InChI=1S/C30H35FN6O3/c1-19(2)29(33)37-18-23(7-10-28(37)32)40-27-9-8-26(24-5-3-4-6-25(24)27)35-30(38)34-21-15-20(31)16-22(17-21)36-11-13-39-14-12-36/h3-7,10,15-19,26-27,32-33H,8-9,11-14H2,1-2H3,(H2,34,35,38). The number of pyridine rings is 1. The molecule has 4 N–H and O–H groups in total. The van der Waals surface area contributed by atoms with Gasteiger partial charge in [0.05, 0.1) is 25.5 Å². The summed E-state index contributed by atoms with van der Waals surface area (Å²) in [4.78, 5) is 15.0. The SMILES string of the molecule is CC(C)C(=N)n1cc(OC2CCC(NC(=O)Nc3cc(F)cc(N4CCOCC4)c3)c3ccccc32)ccc1=N. The van der Waals surface area contributed by atoms with E-state index in [1.165, 1.54) is 16.7 Å². The van der Waals surface area contributed by atoms with Crippen LogP contribution in [0.15, 0.2) is 60.8 Å². The van der Waals surface area contributed by atoms with Crippen molar-refractivity contribution >= 4 is 23.2 Å². The van der Waals surface area contributed by atoms with Crippen molar-refractivity contribution in [3.05, 3.63) is 83.2 Å².